The SMILES string of the molecule is Cc1nc(C(=O)N2CCC(c3nc(C(C)(C)C)cs3)CC2)no1. The zero-order chi connectivity index (χ0) is 16.6. The van der Waals surface area contributed by atoms with Crippen LogP contribution in [0.15, 0.2) is 9.90 Å². The van der Waals surface area contributed by atoms with E-state index in [9.17, 15) is 4.79 Å². The predicted molar refractivity (Wildman–Crippen MR) is 87.7 cm³/mol. The summed E-state index contributed by atoms with van der Waals surface area (Å²) >= 11 is 1.74. The molecule has 1 amide bonds. The molecule has 3 rings (SSSR count). The van der Waals surface area contributed by atoms with Gasteiger partial charge in [-0.3, -0.25) is 4.79 Å². The number of thiazole rings is 1. The third-order valence-electron chi connectivity index (χ3n) is 4.14. The van der Waals surface area contributed by atoms with Gasteiger partial charge < -0.3 is 9.42 Å². The van der Waals surface area contributed by atoms with E-state index in [1.165, 1.54) is 5.01 Å². The maximum atomic E-state index is 12.3. The molecule has 0 unspecified atom stereocenters. The predicted octanol–water partition coefficient (Wildman–Crippen LogP) is 3.15. The summed E-state index contributed by atoms with van der Waals surface area (Å²) in [7, 11) is 0. The summed E-state index contributed by atoms with van der Waals surface area (Å²) < 4.78 is 4.88. The molecule has 0 N–H and O–H groups in total. The van der Waals surface area contributed by atoms with E-state index in [4.69, 9.17) is 9.51 Å². The Hall–Kier alpha value is -1.76. The van der Waals surface area contributed by atoms with Crippen LogP contribution in [0.1, 0.15) is 66.7 Å². The minimum absolute atomic E-state index is 0.0852. The highest BCUT2D eigenvalue weighted by Gasteiger charge is 2.29. The van der Waals surface area contributed by atoms with E-state index in [1.54, 1.807) is 23.2 Å². The van der Waals surface area contributed by atoms with Crippen molar-refractivity contribution in [1.82, 2.24) is 20.0 Å². The number of aromatic nitrogens is 3. The van der Waals surface area contributed by atoms with Crippen LogP contribution in [0.5, 0.6) is 0 Å². The second-order valence-corrected chi connectivity index (χ2v) is 7.91. The molecule has 6 nitrogen and oxygen atoms in total. The molecule has 2 aromatic rings. The molecule has 1 saturated heterocycles. The summed E-state index contributed by atoms with van der Waals surface area (Å²) in [6.07, 6.45) is 1.86. The Kier molecular flexibility index (Phi) is 4.23. The van der Waals surface area contributed by atoms with Crippen molar-refractivity contribution in [2.75, 3.05) is 13.1 Å². The van der Waals surface area contributed by atoms with Crippen LogP contribution in [0, 0.1) is 6.92 Å². The number of piperidine rings is 1. The Morgan fingerprint density at radius 2 is 2.00 bits per heavy atom. The minimum Gasteiger partial charge on any atom is -0.339 e. The molecule has 0 radical (unpaired) electrons. The standard InChI is InChI=1S/C16H22N4O2S/c1-10-17-13(19-22-10)15(21)20-7-5-11(6-8-20)14-18-12(9-23-14)16(2,3)4/h9,11H,5-8H2,1-4H3. The molecule has 0 aliphatic carbocycles. The van der Waals surface area contributed by atoms with E-state index in [0.717, 1.165) is 18.5 Å². The molecule has 1 fully saturated rings. The van der Waals surface area contributed by atoms with E-state index < -0.39 is 0 Å². The van der Waals surface area contributed by atoms with Crippen molar-refractivity contribution in [1.29, 1.82) is 0 Å². The quantitative estimate of drug-likeness (QED) is 0.843. The first kappa shape index (κ1) is 16.1. The Morgan fingerprint density at radius 1 is 1.30 bits per heavy atom. The van der Waals surface area contributed by atoms with Gasteiger partial charge in [0.15, 0.2) is 0 Å². The first-order valence-corrected chi connectivity index (χ1v) is 8.78. The lowest BCUT2D eigenvalue weighted by atomic mass is 9.93. The second-order valence-electron chi connectivity index (χ2n) is 7.02. The van der Waals surface area contributed by atoms with Gasteiger partial charge in [-0.25, -0.2) is 4.98 Å². The average Bonchev–Trinajstić information content (AvgIpc) is 3.15. The number of carbonyl (C=O) groups excluding carboxylic acids is 1. The number of hydrogen-bond donors (Lipinski definition) is 0. The van der Waals surface area contributed by atoms with Gasteiger partial charge in [-0.15, -0.1) is 11.3 Å². The van der Waals surface area contributed by atoms with Gasteiger partial charge in [-0.1, -0.05) is 25.9 Å². The molecule has 124 valence electrons. The molecule has 0 spiro atoms. The molecular formula is C16H22N4O2S. The number of amides is 1. The maximum absolute atomic E-state index is 12.3. The first-order chi connectivity index (χ1) is 10.8. The minimum atomic E-state index is -0.144. The van der Waals surface area contributed by atoms with E-state index in [1.807, 2.05) is 0 Å². The van der Waals surface area contributed by atoms with Crippen LogP contribution < -0.4 is 0 Å². The number of likely N-dealkylation sites (tertiary alicyclic amines) is 1. The molecule has 1 aliphatic heterocycles. The fourth-order valence-electron chi connectivity index (χ4n) is 2.68. The Balaban J connectivity index is 1.62. The zero-order valence-electron chi connectivity index (χ0n) is 14.0. The van der Waals surface area contributed by atoms with E-state index in [0.29, 0.717) is 24.9 Å². The van der Waals surface area contributed by atoms with Crippen LogP contribution in [0.4, 0.5) is 0 Å². The topological polar surface area (TPSA) is 72.1 Å². The van der Waals surface area contributed by atoms with Crippen molar-refractivity contribution in [3.8, 4) is 0 Å². The van der Waals surface area contributed by atoms with Gasteiger partial charge in [-0.05, 0) is 12.8 Å². The highest BCUT2D eigenvalue weighted by molar-refractivity contribution is 7.09. The van der Waals surface area contributed by atoms with Crippen LogP contribution in [-0.4, -0.2) is 39.0 Å². The van der Waals surface area contributed by atoms with Crippen LogP contribution in [-0.2, 0) is 5.41 Å². The van der Waals surface area contributed by atoms with Gasteiger partial charge >= 0.3 is 0 Å². The summed E-state index contributed by atoms with van der Waals surface area (Å²) in [6.45, 7) is 9.65. The van der Waals surface area contributed by atoms with Crippen molar-refractivity contribution in [3.05, 3.63) is 27.8 Å². The number of aryl methyl sites for hydroxylation is 1. The highest BCUT2D eigenvalue weighted by atomic mass is 32.1. The summed E-state index contributed by atoms with van der Waals surface area (Å²) in [5, 5.41) is 7.06. The molecule has 2 aromatic heterocycles. The van der Waals surface area contributed by atoms with Crippen molar-refractivity contribution in [3.63, 3.8) is 0 Å². The average molecular weight is 334 g/mol. The van der Waals surface area contributed by atoms with E-state index in [2.05, 4.69) is 36.3 Å². The molecule has 1 aliphatic rings. The van der Waals surface area contributed by atoms with Gasteiger partial charge in [0, 0.05) is 36.7 Å². The van der Waals surface area contributed by atoms with Crippen LogP contribution in [0.3, 0.4) is 0 Å². The van der Waals surface area contributed by atoms with Crippen LogP contribution in [0.2, 0.25) is 0 Å². The van der Waals surface area contributed by atoms with Crippen LogP contribution >= 0.6 is 11.3 Å². The van der Waals surface area contributed by atoms with Crippen molar-refractivity contribution < 1.29 is 9.32 Å². The zero-order valence-corrected chi connectivity index (χ0v) is 14.8. The Labute approximate surface area is 139 Å². The lowest BCUT2D eigenvalue weighted by Gasteiger charge is -2.30. The van der Waals surface area contributed by atoms with Gasteiger partial charge in [0.2, 0.25) is 5.89 Å². The maximum Gasteiger partial charge on any atom is 0.295 e. The number of hydrogen-bond acceptors (Lipinski definition) is 6. The van der Waals surface area contributed by atoms with Crippen LogP contribution in [0.25, 0.3) is 0 Å². The third-order valence-corrected chi connectivity index (χ3v) is 5.15. The van der Waals surface area contributed by atoms with E-state index in [-0.39, 0.29) is 17.1 Å². The normalized spacial score (nSPS) is 16.8. The fourth-order valence-corrected chi connectivity index (χ4v) is 3.89. The van der Waals surface area contributed by atoms with E-state index >= 15 is 0 Å². The molecular weight excluding hydrogens is 312 g/mol. The molecule has 23 heavy (non-hydrogen) atoms. The lowest BCUT2D eigenvalue weighted by molar-refractivity contribution is 0.0697. The molecule has 0 aromatic carbocycles. The molecule has 0 saturated carbocycles. The molecule has 3 heterocycles. The van der Waals surface area contributed by atoms with Gasteiger partial charge in [0.05, 0.1) is 10.7 Å². The second kappa shape index (κ2) is 6.03. The van der Waals surface area contributed by atoms with Crippen molar-refractivity contribution >= 4 is 17.2 Å². The number of carbonyl (C=O) groups is 1. The largest absolute Gasteiger partial charge is 0.339 e. The summed E-state index contributed by atoms with van der Waals surface area (Å²) in [6, 6.07) is 0. The van der Waals surface area contributed by atoms with Gasteiger partial charge in [0.25, 0.3) is 11.7 Å². The fraction of sp³-hybridized carbons (Fsp3) is 0.625. The smallest absolute Gasteiger partial charge is 0.295 e. The molecule has 0 atom stereocenters. The van der Waals surface area contributed by atoms with Crippen molar-refractivity contribution in [2.45, 2.75) is 51.9 Å². The monoisotopic (exact) mass is 334 g/mol. The molecule has 7 heteroatoms. The number of nitrogens with zero attached hydrogens (tertiary/aromatic N) is 4. The molecule has 0 bridgehead atoms. The van der Waals surface area contributed by atoms with Gasteiger partial charge in [-0.2, -0.15) is 4.98 Å². The van der Waals surface area contributed by atoms with Crippen molar-refractivity contribution in [2.24, 2.45) is 0 Å². The summed E-state index contributed by atoms with van der Waals surface area (Å²) in [5.41, 5.74) is 1.24. The number of rotatable bonds is 2. The Bertz CT molecular complexity index is 693. The van der Waals surface area contributed by atoms with Gasteiger partial charge in [0.1, 0.15) is 0 Å². The summed E-state index contributed by atoms with van der Waals surface area (Å²) in [4.78, 5) is 23.0. The first-order valence-electron chi connectivity index (χ1n) is 7.90. The third kappa shape index (κ3) is 3.44. The Morgan fingerprint density at radius 3 is 2.52 bits per heavy atom. The highest BCUT2D eigenvalue weighted by Crippen LogP contribution is 2.33. The summed E-state index contributed by atoms with van der Waals surface area (Å²) in [5.74, 6) is 0.868. The lowest BCUT2D eigenvalue weighted by Crippen LogP contribution is -2.38.